The molecule has 3 aromatic rings. The summed E-state index contributed by atoms with van der Waals surface area (Å²) in [5, 5.41) is 2.93. The van der Waals surface area contributed by atoms with Crippen LogP contribution < -0.4 is 10.1 Å². The van der Waals surface area contributed by atoms with Gasteiger partial charge in [0.05, 0.1) is 23.6 Å². The predicted molar refractivity (Wildman–Crippen MR) is 110 cm³/mol. The molecule has 6 heteroatoms. The van der Waals surface area contributed by atoms with E-state index in [0.717, 1.165) is 22.6 Å². The summed E-state index contributed by atoms with van der Waals surface area (Å²) in [6.07, 6.45) is 0. The summed E-state index contributed by atoms with van der Waals surface area (Å²) >= 11 is 0. The number of nitrogens with zero attached hydrogens (tertiary/aromatic N) is 2. The van der Waals surface area contributed by atoms with Gasteiger partial charge in [0.2, 0.25) is 5.91 Å². The average Bonchev–Trinajstić information content (AvgIpc) is 3.04. The number of methoxy groups -OCH3 is 1. The zero-order chi connectivity index (χ0) is 20.1. The van der Waals surface area contributed by atoms with Gasteiger partial charge in [0, 0.05) is 7.11 Å². The third-order valence-corrected chi connectivity index (χ3v) is 4.79. The number of aromatic nitrogens is 2. The van der Waals surface area contributed by atoms with Crippen LogP contribution >= 0.6 is 0 Å². The number of imidazole rings is 1. The molecule has 1 heterocycles. The van der Waals surface area contributed by atoms with E-state index in [1.807, 2.05) is 37.3 Å². The molecule has 1 unspecified atom stereocenters. The molecule has 1 aromatic heterocycles. The highest BCUT2D eigenvalue weighted by Gasteiger charge is 2.18. The number of ether oxygens (including phenoxy) is 2. The lowest BCUT2D eigenvalue weighted by atomic mass is 10.1. The Balaban J connectivity index is 1.78. The maximum absolute atomic E-state index is 11.9. The van der Waals surface area contributed by atoms with Crippen LogP contribution in [-0.2, 0) is 16.1 Å². The molecule has 1 amide bonds. The number of hydrogen-bond donors (Lipinski definition) is 1. The van der Waals surface area contributed by atoms with E-state index in [9.17, 15) is 4.79 Å². The fourth-order valence-electron chi connectivity index (χ4n) is 3.20. The summed E-state index contributed by atoms with van der Waals surface area (Å²) in [4.78, 5) is 16.6. The Morgan fingerprint density at radius 3 is 2.71 bits per heavy atom. The molecule has 0 aliphatic heterocycles. The second-order valence-corrected chi connectivity index (χ2v) is 6.93. The van der Waals surface area contributed by atoms with Gasteiger partial charge < -0.3 is 19.4 Å². The van der Waals surface area contributed by atoms with Crippen LogP contribution in [0.3, 0.4) is 0 Å². The highest BCUT2D eigenvalue weighted by molar-refractivity contribution is 5.78. The SMILES string of the molecule is COCC(=O)NC(C)c1nc2ccccc2n1CCOc1ccc(C)c(C)c1. The van der Waals surface area contributed by atoms with Gasteiger partial charge in [-0.2, -0.15) is 0 Å². The first-order valence-corrected chi connectivity index (χ1v) is 9.43. The second-order valence-electron chi connectivity index (χ2n) is 6.93. The standard InChI is InChI=1S/C22H27N3O3/c1-15-9-10-18(13-16(15)2)28-12-11-25-20-8-6-5-7-19(20)24-22(25)17(3)23-21(26)14-27-4/h5-10,13,17H,11-12,14H2,1-4H3,(H,23,26). The minimum atomic E-state index is -0.239. The lowest BCUT2D eigenvalue weighted by Gasteiger charge is -2.17. The number of hydrogen-bond acceptors (Lipinski definition) is 4. The van der Waals surface area contributed by atoms with Crippen molar-refractivity contribution in [2.45, 2.75) is 33.4 Å². The molecule has 0 saturated carbocycles. The van der Waals surface area contributed by atoms with E-state index >= 15 is 0 Å². The molecule has 1 atom stereocenters. The molecule has 2 aromatic carbocycles. The summed E-state index contributed by atoms with van der Waals surface area (Å²) in [5.41, 5.74) is 4.38. The Bertz CT molecular complexity index is 965. The van der Waals surface area contributed by atoms with Crippen molar-refractivity contribution in [3.05, 3.63) is 59.4 Å². The fraction of sp³-hybridized carbons (Fsp3) is 0.364. The number of carbonyl (C=O) groups is 1. The Hall–Kier alpha value is -2.86. The van der Waals surface area contributed by atoms with Crippen LogP contribution in [0.15, 0.2) is 42.5 Å². The first-order valence-electron chi connectivity index (χ1n) is 9.43. The van der Waals surface area contributed by atoms with Gasteiger partial charge in [-0.15, -0.1) is 0 Å². The third-order valence-electron chi connectivity index (χ3n) is 4.79. The molecule has 0 bridgehead atoms. The maximum atomic E-state index is 11.9. The van der Waals surface area contributed by atoms with E-state index in [0.29, 0.717) is 13.2 Å². The Morgan fingerprint density at radius 2 is 1.96 bits per heavy atom. The van der Waals surface area contributed by atoms with Crippen molar-refractivity contribution < 1.29 is 14.3 Å². The van der Waals surface area contributed by atoms with Crippen molar-refractivity contribution in [3.63, 3.8) is 0 Å². The molecule has 0 fully saturated rings. The summed E-state index contributed by atoms with van der Waals surface area (Å²) in [5.74, 6) is 1.49. The minimum Gasteiger partial charge on any atom is -0.492 e. The quantitative estimate of drug-likeness (QED) is 0.648. The molecular weight excluding hydrogens is 354 g/mol. The lowest BCUT2D eigenvalue weighted by Crippen LogP contribution is -2.31. The molecule has 0 radical (unpaired) electrons. The van der Waals surface area contributed by atoms with Gasteiger partial charge in [-0.1, -0.05) is 18.2 Å². The van der Waals surface area contributed by atoms with E-state index in [2.05, 4.69) is 35.9 Å². The van der Waals surface area contributed by atoms with Gasteiger partial charge in [0.25, 0.3) is 0 Å². The number of benzene rings is 2. The molecule has 0 aliphatic rings. The van der Waals surface area contributed by atoms with Crippen LogP contribution in [-0.4, -0.2) is 35.8 Å². The second kappa shape index (κ2) is 8.89. The largest absolute Gasteiger partial charge is 0.492 e. The normalized spacial score (nSPS) is 12.1. The summed E-state index contributed by atoms with van der Waals surface area (Å²) in [6.45, 7) is 7.26. The zero-order valence-electron chi connectivity index (χ0n) is 16.9. The molecule has 28 heavy (non-hydrogen) atoms. The van der Waals surface area contributed by atoms with E-state index in [1.54, 1.807) is 0 Å². The summed E-state index contributed by atoms with van der Waals surface area (Å²) < 4.78 is 13.0. The molecule has 148 valence electrons. The molecule has 0 aliphatic carbocycles. The minimum absolute atomic E-state index is 0.0282. The van der Waals surface area contributed by atoms with Crippen LogP contribution in [0.2, 0.25) is 0 Å². The van der Waals surface area contributed by atoms with Gasteiger partial charge >= 0.3 is 0 Å². The first-order chi connectivity index (χ1) is 13.5. The molecule has 0 saturated heterocycles. The number of carbonyl (C=O) groups excluding carboxylic acids is 1. The number of amides is 1. The number of nitrogens with one attached hydrogen (secondary N) is 1. The predicted octanol–water partition coefficient (Wildman–Crippen LogP) is 3.56. The van der Waals surface area contributed by atoms with Crippen LogP contribution in [0.5, 0.6) is 5.75 Å². The van der Waals surface area contributed by atoms with E-state index in [1.165, 1.54) is 18.2 Å². The van der Waals surface area contributed by atoms with Gasteiger partial charge in [0.1, 0.15) is 24.8 Å². The Kier molecular flexibility index (Phi) is 6.31. The van der Waals surface area contributed by atoms with Crippen molar-refractivity contribution in [2.75, 3.05) is 20.3 Å². The highest BCUT2D eigenvalue weighted by atomic mass is 16.5. The summed E-state index contributed by atoms with van der Waals surface area (Å²) in [7, 11) is 1.50. The van der Waals surface area contributed by atoms with Crippen molar-refractivity contribution in [1.29, 1.82) is 0 Å². The monoisotopic (exact) mass is 381 g/mol. The molecular formula is C22H27N3O3. The maximum Gasteiger partial charge on any atom is 0.246 e. The molecule has 3 rings (SSSR count). The van der Waals surface area contributed by atoms with Gasteiger partial charge in [0.15, 0.2) is 0 Å². The number of para-hydroxylation sites is 2. The number of fused-ring (bicyclic) bond motifs is 1. The van der Waals surface area contributed by atoms with E-state index in [4.69, 9.17) is 14.5 Å². The van der Waals surface area contributed by atoms with Crippen molar-refractivity contribution >= 4 is 16.9 Å². The van der Waals surface area contributed by atoms with Crippen molar-refractivity contribution in [1.82, 2.24) is 14.9 Å². The topological polar surface area (TPSA) is 65.4 Å². The van der Waals surface area contributed by atoms with Crippen molar-refractivity contribution in [3.8, 4) is 5.75 Å². The van der Waals surface area contributed by atoms with Gasteiger partial charge in [-0.25, -0.2) is 4.98 Å². The summed E-state index contributed by atoms with van der Waals surface area (Å²) in [6, 6.07) is 13.8. The smallest absolute Gasteiger partial charge is 0.246 e. The van der Waals surface area contributed by atoms with Crippen LogP contribution in [0.1, 0.15) is 29.9 Å². The van der Waals surface area contributed by atoms with Crippen molar-refractivity contribution in [2.24, 2.45) is 0 Å². The fourth-order valence-corrected chi connectivity index (χ4v) is 3.20. The Morgan fingerprint density at radius 1 is 1.18 bits per heavy atom. The van der Waals surface area contributed by atoms with Crippen LogP contribution in [0.25, 0.3) is 11.0 Å². The highest BCUT2D eigenvalue weighted by Crippen LogP contribution is 2.21. The molecule has 6 nitrogen and oxygen atoms in total. The number of rotatable bonds is 8. The molecule has 0 spiro atoms. The average molecular weight is 381 g/mol. The van der Waals surface area contributed by atoms with E-state index in [-0.39, 0.29) is 18.6 Å². The van der Waals surface area contributed by atoms with Gasteiger partial charge in [-0.05, 0) is 56.2 Å². The van der Waals surface area contributed by atoms with Gasteiger partial charge in [-0.3, -0.25) is 4.79 Å². The molecule has 1 N–H and O–H groups in total. The van der Waals surface area contributed by atoms with E-state index < -0.39 is 0 Å². The zero-order valence-corrected chi connectivity index (χ0v) is 16.9. The Labute approximate surface area is 165 Å². The first kappa shape index (κ1) is 19.9. The van der Waals surface area contributed by atoms with Crippen LogP contribution in [0, 0.1) is 13.8 Å². The third kappa shape index (κ3) is 4.51. The lowest BCUT2D eigenvalue weighted by molar-refractivity contribution is -0.125. The van der Waals surface area contributed by atoms with Crippen LogP contribution in [0.4, 0.5) is 0 Å². The number of aryl methyl sites for hydroxylation is 2.